The van der Waals surface area contributed by atoms with Crippen molar-refractivity contribution in [2.75, 3.05) is 0 Å². The molecule has 2 aliphatic heterocycles. The van der Waals surface area contributed by atoms with Crippen LogP contribution in [0.25, 0.3) is 10.4 Å². The van der Waals surface area contributed by atoms with Gasteiger partial charge in [-0.3, -0.25) is 4.79 Å². The molecule has 31 heavy (non-hydrogen) atoms. The molecule has 2 N–H and O–H groups in total. The Labute approximate surface area is 185 Å². The van der Waals surface area contributed by atoms with Crippen molar-refractivity contribution < 1.29 is 14.3 Å². The van der Waals surface area contributed by atoms with Crippen molar-refractivity contribution in [2.24, 2.45) is 5.92 Å². The van der Waals surface area contributed by atoms with E-state index in [-0.39, 0.29) is 17.9 Å². The van der Waals surface area contributed by atoms with Crippen LogP contribution in [0, 0.1) is 17.2 Å². The Morgan fingerprint density at radius 2 is 2.19 bits per heavy atom. The largest absolute Gasteiger partial charge is 0.451 e. The number of nitrogens with one attached hydrogen (secondary N) is 2. The van der Waals surface area contributed by atoms with Crippen LogP contribution in [0.15, 0.2) is 30.3 Å². The van der Waals surface area contributed by atoms with Gasteiger partial charge in [-0.2, -0.15) is 5.26 Å². The zero-order valence-electron chi connectivity index (χ0n) is 17.6. The second-order valence-electron chi connectivity index (χ2n) is 9.23. The van der Waals surface area contributed by atoms with Gasteiger partial charge < -0.3 is 15.4 Å². The number of fused-ring (bicyclic) bond motifs is 3. The lowest BCUT2D eigenvalue weighted by molar-refractivity contribution is -0.124. The third-order valence-electron chi connectivity index (χ3n) is 6.70. The Morgan fingerprint density at radius 1 is 1.35 bits per heavy atom. The summed E-state index contributed by atoms with van der Waals surface area (Å²) in [4.78, 5) is 26.9. The molecule has 0 spiro atoms. The summed E-state index contributed by atoms with van der Waals surface area (Å²) in [6.07, 6.45) is 3.77. The van der Waals surface area contributed by atoms with Gasteiger partial charge >= 0.3 is 5.97 Å². The van der Waals surface area contributed by atoms with Gasteiger partial charge in [0.25, 0.3) is 0 Å². The van der Waals surface area contributed by atoms with Crippen molar-refractivity contribution in [1.29, 1.82) is 5.26 Å². The monoisotopic (exact) mass is 435 g/mol. The highest BCUT2D eigenvalue weighted by Gasteiger charge is 2.43. The molecule has 2 aromatic rings. The second kappa shape index (κ2) is 7.47. The van der Waals surface area contributed by atoms with Crippen LogP contribution in [0.5, 0.6) is 0 Å². The number of cyclic esters (lactones) is 1. The predicted molar refractivity (Wildman–Crippen MR) is 117 cm³/mol. The summed E-state index contributed by atoms with van der Waals surface area (Å²) >= 11 is 1.58. The molecule has 0 unspecified atom stereocenters. The number of carbonyl (C=O) groups excluding carboxylic acids is 2. The van der Waals surface area contributed by atoms with Gasteiger partial charge in [0, 0.05) is 27.8 Å². The molecule has 7 heteroatoms. The van der Waals surface area contributed by atoms with Crippen molar-refractivity contribution in [3.63, 3.8) is 0 Å². The fourth-order valence-electron chi connectivity index (χ4n) is 5.12. The fourth-order valence-corrected chi connectivity index (χ4v) is 6.17. The number of rotatable bonds is 5. The molecule has 5 rings (SSSR count). The zero-order valence-corrected chi connectivity index (χ0v) is 18.4. The molecule has 0 radical (unpaired) electrons. The molecule has 1 saturated heterocycles. The van der Waals surface area contributed by atoms with Gasteiger partial charge in [-0.15, -0.1) is 11.3 Å². The van der Waals surface area contributed by atoms with Crippen LogP contribution in [0.1, 0.15) is 53.9 Å². The average molecular weight is 436 g/mol. The number of ether oxygens (including phenoxy) is 1. The number of esters is 1. The first-order chi connectivity index (χ1) is 14.8. The number of nitriles is 1. The Kier molecular flexibility index (Phi) is 4.87. The van der Waals surface area contributed by atoms with Crippen LogP contribution in [0.4, 0.5) is 0 Å². The molecule has 3 heterocycles. The van der Waals surface area contributed by atoms with Crippen LogP contribution in [0.2, 0.25) is 0 Å². The number of amides is 1. The molecule has 1 aromatic heterocycles. The first-order valence-corrected chi connectivity index (χ1v) is 11.6. The van der Waals surface area contributed by atoms with Gasteiger partial charge in [0.05, 0.1) is 17.7 Å². The van der Waals surface area contributed by atoms with E-state index in [1.54, 1.807) is 11.3 Å². The Balaban J connectivity index is 1.27. The minimum Gasteiger partial charge on any atom is -0.451 e. The summed E-state index contributed by atoms with van der Waals surface area (Å²) < 4.78 is 5.46. The summed E-state index contributed by atoms with van der Waals surface area (Å²) in [5, 5.41) is 15.9. The summed E-state index contributed by atoms with van der Waals surface area (Å²) in [7, 11) is 0. The SMILES string of the molecule is CC1(C)OC(=O)c2cc(-c3ccc(C[C@@H](C#N)NC(=O)[C@H]4N[C@H]5CC[C@H]4C5)s3)ccc21. The van der Waals surface area contributed by atoms with E-state index in [1.165, 1.54) is 0 Å². The molecule has 1 aromatic carbocycles. The van der Waals surface area contributed by atoms with Crippen LogP contribution in [-0.2, 0) is 21.6 Å². The molecule has 1 aliphatic carbocycles. The van der Waals surface area contributed by atoms with Gasteiger partial charge in [0.1, 0.15) is 11.6 Å². The standard InChI is InChI=1S/C24H25N3O3S/c1-24(2)19-7-4-13(10-18(19)23(29)30-24)20-8-6-17(31-20)11-16(12-25)27-22(28)21-14-3-5-15(9-14)26-21/h4,6-8,10,14-16,21,26H,3,5,9,11H2,1-2H3,(H,27,28)/t14-,15-,16-,21-/m0/s1. The smallest absolute Gasteiger partial charge is 0.339 e. The molecular weight excluding hydrogens is 410 g/mol. The predicted octanol–water partition coefficient (Wildman–Crippen LogP) is 3.51. The molecular formula is C24H25N3O3S. The maximum absolute atomic E-state index is 12.6. The second-order valence-corrected chi connectivity index (χ2v) is 10.4. The van der Waals surface area contributed by atoms with Gasteiger partial charge in [-0.05, 0) is 62.8 Å². The number of hydrogen-bond acceptors (Lipinski definition) is 6. The highest BCUT2D eigenvalue weighted by molar-refractivity contribution is 7.15. The van der Waals surface area contributed by atoms with Crippen LogP contribution < -0.4 is 10.6 Å². The van der Waals surface area contributed by atoms with Crippen molar-refractivity contribution in [1.82, 2.24) is 10.6 Å². The first-order valence-electron chi connectivity index (χ1n) is 10.8. The van der Waals surface area contributed by atoms with Crippen molar-refractivity contribution in [3.8, 4) is 16.5 Å². The summed E-state index contributed by atoms with van der Waals surface area (Å²) in [6.45, 7) is 3.78. The molecule has 2 fully saturated rings. The summed E-state index contributed by atoms with van der Waals surface area (Å²) in [6, 6.07) is 11.8. The average Bonchev–Trinajstić information content (AvgIpc) is 3.52. The van der Waals surface area contributed by atoms with Crippen LogP contribution >= 0.6 is 11.3 Å². The molecule has 4 atom stereocenters. The molecule has 1 saturated carbocycles. The van der Waals surface area contributed by atoms with Crippen LogP contribution in [0.3, 0.4) is 0 Å². The number of thiophene rings is 1. The maximum Gasteiger partial charge on any atom is 0.339 e. The topological polar surface area (TPSA) is 91.2 Å². The number of carbonyl (C=O) groups is 2. The summed E-state index contributed by atoms with van der Waals surface area (Å²) in [5.74, 6) is 0.0459. The van der Waals surface area contributed by atoms with E-state index in [4.69, 9.17) is 4.74 Å². The Bertz CT molecular complexity index is 1100. The van der Waals surface area contributed by atoms with Crippen molar-refractivity contribution in [3.05, 3.63) is 46.3 Å². The lowest BCUT2D eigenvalue weighted by Gasteiger charge is -2.23. The summed E-state index contributed by atoms with van der Waals surface area (Å²) in [5.41, 5.74) is 1.86. The molecule has 160 valence electrons. The highest BCUT2D eigenvalue weighted by Crippen LogP contribution is 2.39. The Hall–Kier alpha value is -2.69. The first kappa shape index (κ1) is 20.2. The zero-order chi connectivity index (χ0) is 21.8. The van der Waals surface area contributed by atoms with E-state index in [2.05, 4.69) is 16.7 Å². The van der Waals surface area contributed by atoms with Gasteiger partial charge in [0.2, 0.25) is 5.91 Å². The lowest BCUT2D eigenvalue weighted by atomic mass is 9.94. The highest BCUT2D eigenvalue weighted by atomic mass is 32.1. The lowest BCUT2D eigenvalue weighted by Crippen LogP contribution is -2.50. The third kappa shape index (κ3) is 3.64. The maximum atomic E-state index is 12.6. The van der Waals surface area contributed by atoms with Gasteiger partial charge in [-0.25, -0.2) is 4.79 Å². The molecule has 2 bridgehead atoms. The van der Waals surface area contributed by atoms with Gasteiger partial charge in [-0.1, -0.05) is 12.1 Å². The van der Waals surface area contributed by atoms with E-state index < -0.39 is 11.6 Å². The van der Waals surface area contributed by atoms with E-state index in [0.717, 1.165) is 40.1 Å². The van der Waals surface area contributed by atoms with E-state index in [0.29, 0.717) is 23.9 Å². The Morgan fingerprint density at radius 3 is 2.90 bits per heavy atom. The van der Waals surface area contributed by atoms with Crippen molar-refractivity contribution in [2.45, 2.75) is 63.3 Å². The minimum atomic E-state index is -0.600. The fraction of sp³-hybridized carbons (Fsp3) is 0.458. The number of piperidine rings is 1. The molecule has 6 nitrogen and oxygen atoms in total. The quantitative estimate of drug-likeness (QED) is 0.702. The van der Waals surface area contributed by atoms with Gasteiger partial charge in [0.15, 0.2) is 0 Å². The third-order valence-corrected chi connectivity index (χ3v) is 7.86. The number of benzene rings is 1. The van der Waals surface area contributed by atoms with E-state index >= 15 is 0 Å². The normalized spacial score (nSPS) is 26.2. The van der Waals surface area contributed by atoms with E-state index in [1.807, 2.05) is 44.2 Å². The number of nitrogens with zero attached hydrogens (tertiary/aromatic N) is 1. The molecule has 1 amide bonds. The minimum absolute atomic E-state index is 0.0599. The van der Waals surface area contributed by atoms with E-state index in [9.17, 15) is 14.9 Å². The van der Waals surface area contributed by atoms with Crippen LogP contribution in [-0.4, -0.2) is 30.0 Å². The van der Waals surface area contributed by atoms with Crippen molar-refractivity contribution >= 4 is 23.2 Å². The molecule has 3 aliphatic rings. The number of hydrogen-bond donors (Lipinski definition) is 2.